The van der Waals surface area contributed by atoms with E-state index in [-0.39, 0.29) is 12.5 Å². The third-order valence-electron chi connectivity index (χ3n) is 2.85. The SMILES string of the molecule is CCN(CC)C[C@@H](O)COc1cc(C(F)(F)F)ccn1. The molecule has 1 aromatic heterocycles. The molecule has 1 rings (SSSR count). The fourth-order valence-electron chi connectivity index (χ4n) is 1.68. The number of likely N-dealkylation sites (N-methyl/N-ethyl adjacent to an activating group) is 1. The van der Waals surface area contributed by atoms with Gasteiger partial charge in [-0.05, 0) is 19.2 Å². The number of aliphatic hydroxyl groups excluding tert-OH is 1. The van der Waals surface area contributed by atoms with Gasteiger partial charge in [-0.1, -0.05) is 13.8 Å². The summed E-state index contributed by atoms with van der Waals surface area (Å²) in [6, 6.07) is 1.70. The zero-order chi connectivity index (χ0) is 15.2. The van der Waals surface area contributed by atoms with Crippen molar-refractivity contribution in [3.8, 4) is 5.88 Å². The van der Waals surface area contributed by atoms with E-state index >= 15 is 0 Å². The summed E-state index contributed by atoms with van der Waals surface area (Å²) in [4.78, 5) is 5.69. The quantitative estimate of drug-likeness (QED) is 0.836. The molecule has 0 aliphatic rings. The number of pyridine rings is 1. The van der Waals surface area contributed by atoms with Crippen LogP contribution < -0.4 is 4.74 Å². The largest absolute Gasteiger partial charge is 0.475 e. The van der Waals surface area contributed by atoms with Gasteiger partial charge in [0.1, 0.15) is 12.7 Å². The first-order chi connectivity index (χ1) is 9.36. The second kappa shape index (κ2) is 7.44. The maximum absolute atomic E-state index is 12.5. The third kappa shape index (κ3) is 5.34. The molecule has 0 saturated carbocycles. The Kier molecular flexibility index (Phi) is 6.22. The number of halogens is 3. The molecular weight excluding hydrogens is 273 g/mol. The Morgan fingerprint density at radius 3 is 2.55 bits per heavy atom. The molecule has 0 aliphatic carbocycles. The van der Waals surface area contributed by atoms with E-state index in [0.29, 0.717) is 6.54 Å². The van der Waals surface area contributed by atoms with Crippen molar-refractivity contribution >= 4 is 0 Å². The first kappa shape index (κ1) is 16.7. The highest BCUT2D eigenvalue weighted by Gasteiger charge is 2.31. The van der Waals surface area contributed by atoms with Gasteiger partial charge < -0.3 is 14.7 Å². The average Bonchev–Trinajstić information content (AvgIpc) is 2.42. The number of hydrogen-bond acceptors (Lipinski definition) is 4. The third-order valence-corrected chi connectivity index (χ3v) is 2.85. The monoisotopic (exact) mass is 292 g/mol. The van der Waals surface area contributed by atoms with Crippen molar-refractivity contribution in [2.75, 3.05) is 26.2 Å². The van der Waals surface area contributed by atoms with Crippen LogP contribution in [0, 0.1) is 0 Å². The zero-order valence-electron chi connectivity index (χ0n) is 11.5. The molecule has 0 aromatic carbocycles. The van der Waals surface area contributed by atoms with Crippen molar-refractivity contribution in [3.05, 3.63) is 23.9 Å². The van der Waals surface area contributed by atoms with E-state index in [2.05, 4.69) is 4.98 Å². The number of alkyl halides is 3. The van der Waals surface area contributed by atoms with Crippen LogP contribution >= 0.6 is 0 Å². The minimum Gasteiger partial charge on any atom is -0.475 e. The second-order valence-electron chi connectivity index (χ2n) is 4.33. The van der Waals surface area contributed by atoms with Crippen LogP contribution in [-0.2, 0) is 6.18 Å². The van der Waals surface area contributed by atoms with E-state index in [1.165, 1.54) is 0 Å². The summed E-state index contributed by atoms with van der Waals surface area (Å²) in [6.45, 7) is 5.82. The Morgan fingerprint density at radius 2 is 2.00 bits per heavy atom. The number of aromatic nitrogens is 1. The van der Waals surface area contributed by atoms with E-state index in [4.69, 9.17) is 4.74 Å². The summed E-state index contributed by atoms with van der Waals surface area (Å²) >= 11 is 0. The molecule has 1 aromatic rings. The fourth-order valence-corrected chi connectivity index (χ4v) is 1.68. The van der Waals surface area contributed by atoms with Crippen LogP contribution in [0.15, 0.2) is 18.3 Å². The number of nitrogens with zero attached hydrogens (tertiary/aromatic N) is 2. The maximum atomic E-state index is 12.5. The number of aliphatic hydroxyl groups is 1. The summed E-state index contributed by atoms with van der Waals surface area (Å²) in [5, 5.41) is 9.76. The summed E-state index contributed by atoms with van der Waals surface area (Å²) in [6.07, 6.45) is -4.17. The van der Waals surface area contributed by atoms with Crippen LogP contribution in [0.5, 0.6) is 5.88 Å². The molecule has 114 valence electrons. The first-order valence-corrected chi connectivity index (χ1v) is 6.43. The van der Waals surface area contributed by atoms with E-state index in [1.807, 2.05) is 18.7 Å². The van der Waals surface area contributed by atoms with Crippen LogP contribution in [0.3, 0.4) is 0 Å². The molecule has 7 heteroatoms. The summed E-state index contributed by atoms with van der Waals surface area (Å²) < 4.78 is 42.6. The van der Waals surface area contributed by atoms with Gasteiger partial charge in [0, 0.05) is 18.8 Å². The lowest BCUT2D eigenvalue weighted by Gasteiger charge is -2.21. The smallest absolute Gasteiger partial charge is 0.416 e. The van der Waals surface area contributed by atoms with Crippen LogP contribution in [0.4, 0.5) is 13.2 Å². The molecule has 1 N–H and O–H groups in total. The normalized spacial score (nSPS) is 13.6. The molecule has 1 heterocycles. The fraction of sp³-hybridized carbons (Fsp3) is 0.615. The number of ether oxygens (including phenoxy) is 1. The molecule has 0 bridgehead atoms. The van der Waals surface area contributed by atoms with Crippen molar-refractivity contribution in [3.63, 3.8) is 0 Å². The van der Waals surface area contributed by atoms with Crippen LogP contribution in [0.25, 0.3) is 0 Å². The van der Waals surface area contributed by atoms with Gasteiger partial charge in [-0.3, -0.25) is 0 Å². The van der Waals surface area contributed by atoms with Gasteiger partial charge in [0.05, 0.1) is 5.56 Å². The van der Waals surface area contributed by atoms with E-state index < -0.39 is 17.8 Å². The van der Waals surface area contributed by atoms with Crippen molar-refractivity contribution in [2.24, 2.45) is 0 Å². The topological polar surface area (TPSA) is 45.6 Å². The predicted molar refractivity (Wildman–Crippen MR) is 68.5 cm³/mol. The Balaban J connectivity index is 2.53. The van der Waals surface area contributed by atoms with Crippen LogP contribution in [0.1, 0.15) is 19.4 Å². The Morgan fingerprint density at radius 1 is 1.35 bits per heavy atom. The van der Waals surface area contributed by atoms with Gasteiger partial charge in [-0.25, -0.2) is 4.98 Å². The van der Waals surface area contributed by atoms with Gasteiger partial charge in [0.15, 0.2) is 0 Å². The van der Waals surface area contributed by atoms with Crippen molar-refractivity contribution in [2.45, 2.75) is 26.1 Å². The predicted octanol–water partition coefficient (Wildman–Crippen LogP) is 2.18. The van der Waals surface area contributed by atoms with Crippen LogP contribution in [0.2, 0.25) is 0 Å². The Bertz CT molecular complexity index is 409. The standard InChI is InChI=1S/C13H19F3N2O2/c1-3-18(4-2)8-11(19)9-20-12-7-10(5-6-17-12)13(14,15)16/h5-7,11,19H,3-4,8-9H2,1-2H3/t11-/m1/s1. The van der Waals surface area contributed by atoms with Gasteiger partial charge in [-0.2, -0.15) is 13.2 Å². The van der Waals surface area contributed by atoms with Gasteiger partial charge in [0.2, 0.25) is 5.88 Å². The molecule has 4 nitrogen and oxygen atoms in total. The highest BCUT2D eigenvalue weighted by Crippen LogP contribution is 2.30. The molecule has 20 heavy (non-hydrogen) atoms. The lowest BCUT2D eigenvalue weighted by Crippen LogP contribution is -2.35. The molecule has 1 atom stereocenters. The molecular formula is C13H19F3N2O2. The maximum Gasteiger partial charge on any atom is 0.416 e. The summed E-state index contributed by atoms with van der Waals surface area (Å²) in [5.41, 5.74) is -0.819. The molecule has 0 radical (unpaired) electrons. The van der Waals surface area contributed by atoms with E-state index in [0.717, 1.165) is 31.4 Å². The zero-order valence-corrected chi connectivity index (χ0v) is 11.5. The highest BCUT2D eigenvalue weighted by atomic mass is 19.4. The van der Waals surface area contributed by atoms with Crippen LogP contribution in [-0.4, -0.2) is 47.3 Å². The lowest BCUT2D eigenvalue weighted by molar-refractivity contribution is -0.137. The molecule has 0 aliphatic heterocycles. The van der Waals surface area contributed by atoms with E-state index in [9.17, 15) is 18.3 Å². The molecule has 0 saturated heterocycles. The van der Waals surface area contributed by atoms with Gasteiger partial charge in [-0.15, -0.1) is 0 Å². The number of hydrogen-bond donors (Lipinski definition) is 1. The second-order valence-corrected chi connectivity index (χ2v) is 4.33. The minimum absolute atomic E-state index is 0.0924. The molecule has 0 unspecified atom stereocenters. The average molecular weight is 292 g/mol. The van der Waals surface area contributed by atoms with Gasteiger partial charge >= 0.3 is 6.18 Å². The van der Waals surface area contributed by atoms with E-state index in [1.54, 1.807) is 0 Å². The molecule has 0 fully saturated rings. The first-order valence-electron chi connectivity index (χ1n) is 6.43. The lowest BCUT2D eigenvalue weighted by atomic mass is 10.2. The van der Waals surface area contributed by atoms with Crippen molar-refractivity contribution in [1.82, 2.24) is 9.88 Å². The number of rotatable bonds is 7. The van der Waals surface area contributed by atoms with Crippen molar-refractivity contribution < 1.29 is 23.0 Å². The Hall–Kier alpha value is -1.34. The summed E-state index contributed by atoms with van der Waals surface area (Å²) in [5.74, 6) is -0.140. The minimum atomic E-state index is -4.43. The van der Waals surface area contributed by atoms with Gasteiger partial charge in [0.25, 0.3) is 0 Å². The highest BCUT2D eigenvalue weighted by molar-refractivity contribution is 5.22. The Labute approximate surface area is 116 Å². The molecule has 0 amide bonds. The van der Waals surface area contributed by atoms with Crippen molar-refractivity contribution in [1.29, 1.82) is 0 Å². The molecule has 0 spiro atoms. The summed E-state index contributed by atoms with van der Waals surface area (Å²) in [7, 11) is 0.